The molecule has 0 amide bonds. The Morgan fingerprint density at radius 3 is 3.00 bits per heavy atom. The molecule has 0 aliphatic carbocycles. The molecule has 96 valence electrons. The van der Waals surface area contributed by atoms with Gasteiger partial charge in [-0.05, 0) is 18.4 Å². The SMILES string of the molecule is COc1ccsc1S(=O)(=O)N1CCNC(C)C1. The summed E-state index contributed by atoms with van der Waals surface area (Å²) in [5.74, 6) is 0.432. The highest BCUT2D eigenvalue weighted by molar-refractivity contribution is 7.91. The fourth-order valence-electron chi connectivity index (χ4n) is 1.86. The molecule has 2 heterocycles. The van der Waals surface area contributed by atoms with E-state index in [1.165, 1.54) is 22.8 Å². The third kappa shape index (κ3) is 2.47. The van der Waals surface area contributed by atoms with Gasteiger partial charge < -0.3 is 10.1 Å². The molecule has 0 aromatic carbocycles. The molecule has 0 radical (unpaired) electrons. The molecular weight excluding hydrogens is 260 g/mol. The van der Waals surface area contributed by atoms with Gasteiger partial charge >= 0.3 is 0 Å². The first-order valence-corrected chi connectivity index (χ1v) is 7.72. The summed E-state index contributed by atoms with van der Waals surface area (Å²) in [7, 11) is -1.92. The first-order chi connectivity index (χ1) is 8.05. The summed E-state index contributed by atoms with van der Waals surface area (Å²) in [6.07, 6.45) is 0. The van der Waals surface area contributed by atoms with E-state index in [0.29, 0.717) is 29.6 Å². The maximum atomic E-state index is 12.4. The molecule has 2 rings (SSSR count). The second-order valence-corrected chi connectivity index (χ2v) is 7.04. The van der Waals surface area contributed by atoms with E-state index < -0.39 is 10.0 Å². The zero-order valence-corrected chi connectivity index (χ0v) is 11.5. The Morgan fingerprint density at radius 1 is 1.59 bits per heavy atom. The van der Waals surface area contributed by atoms with Crippen LogP contribution < -0.4 is 10.1 Å². The van der Waals surface area contributed by atoms with Gasteiger partial charge in [0.25, 0.3) is 10.0 Å². The molecule has 1 atom stereocenters. The Bertz CT molecular complexity index is 483. The van der Waals surface area contributed by atoms with Crippen LogP contribution in [-0.2, 0) is 10.0 Å². The summed E-state index contributed by atoms with van der Waals surface area (Å²) in [5, 5.41) is 4.96. The molecule has 7 heteroatoms. The summed E-state index contributed by atoms with van der Waals surface area (Å²) in [6, 6.07) is 1.87. The number of piperazine rings is 1. The van der Waals surface area contributed by atoms with Gasteiger partial charge in [-0.3, -0.25) is 0 Å². The van der Waals surface area contributed by atoms with E-state index in [1.807, 2.05) is 6.92 Å². The van der Waals surface area contributed by atoms with E-state index >= 15 is 0 Å². The Balaban J connectivity index is 2.30. The lowest BCUT2D eigenvalue weighted by atomic mass is 10.3. The Labute approximate surface area is 105 Å². The minimum atomic E-state index is -3.41. The van der Waals surface area contributed by atoms with E-state index in [1.54, 1.807) is 11.4 Å². The van der Waals surface area contributed by atoms with Crippen LogP contribution in [0.5, 0.6) is 5.75 Å². The molecule has 0 spiro atoms. The van der Waals surface area contributed by atoms with E-state index in [9.17, 15) is 8.42 Å². The van der Waals surface area contributed by atoms with E-state index in [0.717, 1.165) is 0 Å². The first-order valence-electron chi connectivity index (χ1n) is 5.40. The summed E-state index contributed by atoms with van der Waals surface area (Å²) >= 11 is 1.20. The van der Waals surface area contributed by atoms with Crippen LogP contribution in [-0.4, -0.2) is 45.5 Å². The largest absolute Gasteiger partial charge is 0.494 e. The molecule has 17 heavy (non-hydrogen) atoms. The summed E-state index contributed by atoms with van der Waals surface area (Å²) in [6.45, 7) is 3.68. The Kier molecular flexibility index (Phi) is 3.72. The van der Waals surface area contributed by atoms with Crippen molar-refractivity contribution in [1.82, 2.24) is 9.62 Å². The Morgan fingerprint density at radius 2 is 2.35 bits per heavy atom. The standard InChI is InChI=1S/C10H16N2O3S2/c1-8-7-12(5-4-11-8)17(13,14)10-9(15-2)3-6-16-10/h3,6,8,11H,4-5,7H2,1-2H3. The zero-order chi connectivity index (χ0) is 12.5. The maximum Gasteiger partial charge on any atom is 0.256 e. The van der Waals surface area contributed by atoms with Gasteiger partial charge in [0, 0.05) is 25.7 Å². The summed E-state index contributed by atoms with van der Waals surface area (Å²) in [5.41, 5.74) is 0. The summed E-state index contributed by atoms with van der Waals surface area (Å²) < 4.78 is 31.7. The normalized spacial score (nSPS) is 22.6. The van der Waals surface area contributed by atoms with E-state index in [-0.39, 0.29) is 6.04 Å². The van der Waals surface area contributed by atoms with Gasteiger partial charge in [-0.1, -0.05) is 0 Å². The highest BCUT2D eigenvalue weighted by Gasteiger charge is 2.31. The average molecular weight is 276 g/mol. The van der Waals surface area contributed by atoms with Gasteiger partial charge in [0.2, 0.25) is 0 Å². The average Bonchev–Trinajstić information content (AvgIpc) is 2.77. The smallest absolute Gasteiger partial charge is 0.256 e. The molecule has 1 aromatic heterocycles. The van der Waals surface area contributed by atoms with Gasteiger partial charge in [0.15, 0.2) is 4.21 Å². The third-order valence-electron chi connectivity index (χ3n) is 2.72. The number of methoxy groups -OCH3 is 1. The van der Waals surface area contributed by atoms with Crippen molar-refractivity contribution in [3.63, 3.8) is 0 Å². The molecule has 1 N–H and O–H groups in total. The molecule has 5 nitrogen and oxygen atoms in total. The topological polar surface area (TPSA) is 58.6 Å². The van der Waals surface area contributed by atoms with Crippen molar-refractivity contribution in [1.29, 1.82) is 0 Å². The molecule has 1 fully saturated rings. The number of sulfonamides is 1. The number of nitrogens with zero attached hydrogens (tertiary/aromatic N) is 1. The second-order valence-electron chi connectivity index (χ2n) is 3.99. The van der Waals surface area contributed by atoms with Crippen LogP contribution in [0.4, 0.5) is 0 Å². The zero-order valence-electron chi connectivity index (χ0n) is 9.84. The van der Waals surface area contributed by atoms with Crippen molar-refractivity contribution < 1.29 is 13.2 Å². The van der Waals surface area contributed by atoms with Crippen LogP contribution in [0, 0.1) is 0 Å². The highest BCUT2D eigenvalue weighted by atomic mass is 32.2. The lowest BCUT2D eigenvalue weighted by molar-refractivity contribution is 0.309. The number of ether oxygens (including phenoxy) is 1. The minimum absolute atomic E-state index is 0.185. The van der Waals surface area contributed by atoms with Crippen molar-refractivity contribution >= 4 is 21.4 Å². The summed E-state index contributed by atoms with van der Waals surface area (Å²) in [4.78, 5) is 0. The van der Waals surface area contributed by atoms with Crippen LogP contribution in [0.3, 0.4) is 0 Å². The van der Waals surface area contributed by atoms with Crippen molar-refractivity contribution in [3.8, 4) is 5.75 Å². The van der Waals surface area contributed by atoms with Gasteiger partial charge in [-0.15, -0.1) is 11.3 Å². The molecule has 1 aliphatic rings. The van der Waals surface area contributed by atoms with Crippen LogP contribution in [0.15, 0.2) is 15.7 Å². The predicted octanol–water partition coefficient (Wildman–Crippen LogP) is 0.739. The van der Waals surface area contributed by atoms with Gasteiger partial charge in [-0.25, -0.2) is 8.42 Å². The predicted molar refractivity (Wildman–Crippen MR) is 67.1 cm³/mol. The van der Waals surface area contributed by atoms with E-state index in [4.69, 9.17) is 4.74 Å². The lowest BCUT2D eigenvalue weighted by Gasteiger charge is -2.30. The van der Waals surface area contributed by atoms with Crippen LogP contribution in [0.1, 0.15) is 6.92 Å². The number of rotatable bonds is 3. The molecule has 1 saturated heterocycles. The fourth-order valence-corrected chi connectivity index (χ4v) is 4.80. The Hall–Kier alpha value is -0.630. The maximum absolute atomic E-state index is 12.4. The monoisotopic (exact) mass is 276 g/mol. The number of hydrogen-bond donors (Lipinski definition) is 1. The fraction of sp³-hybridized carbons (Fsp3) is 0.600. The van der Waals surface area contributed by atoms with Crippen LogP contribution in [0.25, 0.3) is 0 Å². The van der Waals surface area contributed by atoms with E-state index in [2.05, 4.69) is 5.32 Å². The number of hydrogen-bond acceptors (Lipinski definition) is 5. The molecule has 1 aliphatic heterocycles. The molecule has 0 bridgehead atoms. The van der Waals surface area contributed by atoms with Crippen molar-refractivity contribution in [2.75, 3.05) is 26.7 Å². The van der Waals surface area contributed by atoms with Gasteiger partial charge in [-0.2, -0.15) is 4.31 Å². The third-order valence-corrected chi connectivity index (χ3v) is 6.01. The second kappa shape index (κ2) is 4.93. The lowest BCUT2D eigenvalue weighted by Crippen LogP contribution is -2.51. The number of nitrogens with one attached hydrogen (secondary N) is 1. The molecule has 1 aromatic rings. The molecule has 0 saturated carbocycles. The van der Waals surface area contributed by atoms with Crippen molar-refractivity contribution in [3.05, 3.63) is 11.4 Å². The van der Waals surface area contributed by atoms with Crippen molar-refractivity contribution in [2.45, 2.75) is 17.2 Å². The van der Waals surface area contributed by atoms with Gasteiger partial charge in [0.05, 0.1) is 7.11 Å². The van der Waals surface area contributed by atoms with Crippen LogP contribution >= 0.6 is 11.3 Å². The molecule has 1 unspecified atom stereocenters. The van der Waals surface area contributed by atoms with Gasteiger partial charge in [0.1, 0.15) is 5.75 Å². The number of thiophene rings is 1. The first kappa shape index (κ1) is 12.8. The highest BCUT2D eigenvalue weighted by Crippen LogP contribution is 2.32. The molecular formula is C10H16N2O3S2. The quantitative estimate of drug-likeness (QED) is 0.884. The minimum Gasteiger partial charge on any atom is -0.494 e. The van der Waals surface area contributed by atoms with Crippen molar-refractivity contribution in [2.24, 2.45) is 0 Å². The van der Waals surface area contributed by atoms with Crippen LogP contribution in [0.2, 0.25) is 0 Å².